The maximum absolute atomic E-state index is 5.36. The minimum Gasteiger partial charge on any atom is -0.497 e. The summed E-state index contributed by atoms with van der Waals surface area (Å²) in [5.74, 6) is 1.86. The third-order valence-electron chi connectivity index (χ3n) is 5.26. The van der Waals surface area contributed by atoms with Crippen LogP contribution in [0.5, 0.6) is 5.75 Å². The van der Waals surface area contributed by atoms with Crippen molar-refractivity contribution in [3.05, 3.63) is 72.1 Å². The standard InChI is InChI=1S/C22H26N4O/c1-18-6-3-4-7-19(18)17-24-12-14-25(15-13-24)22-23-10-11-26(22)20-8-5-9-21(16-20)27-2/h3-11,16H,12-15,17H2,1-2H3. The molecule has 0 aliphatic carbocycles. The number of aryl methyl sites for hydroxylation is 1. The van der Waals surface area contributed by atoms with Gasteiger partial charge in [0.2, 0.25) is 5.95 Å². The first kappa shape index (κ1) is 17.6. The van der Waals surface area contributed by atoms with Gasteiger partial charge in [-0.15, -0.1) is 0 Å². The van der Waals surface area contributed by atoms with Gasteiger partial charge in [-0.3, -0.25) is 9.47 Å². The molecule has 0 radical (unpaired) electrons. The molecule has 5 heteroatoms. The zero-order chi connectivity index (χ0) is 18.6. The smallest absolute Gasteiger partial charge is 0.210 e. The lowest BCUT2D eigenvalue weighted by Crippen LogP contribution is -2.46. The van der Waals surface area contributed by atoms with E-state index >= 15 is 0 Å². The number of ether oxygens (including phenoxy) is 1. The highest BCUT2D eigenvalue weighted by atomic mass is 16.5. The van der Waals surface area contributed by atoms with Gasteiger partial charge in [-0.05, 0) is 30.2 Å². The topological polar surface area (TPSA) is 33.5 Å². The molecule has 1 aromatic heterocycles. The SMILES string of the molecule is COc1cccc(-n2ccnc2N2CCN(Cc3ccccc3C)CC2)c1. The second-order valence-electron chi connectivity index (χ2n) is 6.99. The van der Waals surface area contributed by atoms with E-state index in [1.54, 1.807) is 7.11 Å². The summed E-state index contributed by atoms with van der Waals surface area (Å²) >= 11 is 0. The number of nitrogens with zero attached hydrogens (tertiary/aromatic N) is 4. The second-order valence-corrected chi connectivity index (χ2v) is 6.99. The summed E-state index contributed by atoms with van der Waals surface area (Å²) in [5.41, 5.74) is 3.86. The summed E-state index contributed by atoms with van der Waals surface area (Å²) in [6.07, 6.45) is 3.89. The Balaban J connectivity index is 1.45. The molecule has 140 valence electrons. The third-order valence-corrected chi connectivity index (χ3v) is 5.26. The molecule has 1 aliphatic heterocycles. The molecule has 0 bridgehead atoms. The first-order valence-corrected chi connectivity index (χ1v) is 9.44. The summed E-state index contributed by atoms with van der Waals surface area (Å²) in [4.78, 5) is 9.52. The number of hydrogen-bond donors (Lipinski definition) is 0. The van der Waals surface area contributed by atoms with Crippen LogP contribution < -0.4 is 9.64 Å². The molecular weight excluding hydrogens is 336 g/mol. The molecule has 2 aromatic carbocycles. The van der Waals surface area contributed by atoms with Crippen LogP contribution in [0.25, 0.3) is 5.69 Å². The molecule has 1 saturated heterocycles. The number of methoxy groups -OCH3 is 1. The van der Waals surface area contributed by atoms with Crippen LogP contribution in [0.15, 0.2) is 60.9 Å². The van der Waals surface area contributed by atoms with Gasteiger partial charge in [0.15, 0.2) is 0 Å². The molecule has 4 rings (SSSR count). The van der Waals surface area contributed by atoms with Crippen molar-refractivity contribution >= 4 is 5.95 Å². The van der Waals surface area contributed by atoms with Gasteiger partial charge in [-0.2, -0.15) is 0 Å². The zero-order valence-electron chi connectivity index (χ0n) is 16.0. The van der Waals surface area contributed by atoms with Crippen LogP contribution in [0, 0.1) is 6.92 Å². The van der Waals surface area contributed by atoms with E-state index in [0.29, 0.717) is 0 Å². The number of piperazine rings is 1. The van der Waals surface area contributed by atoms with E-state index in [2.05, 4.69) is 56.6 Å². The van der Waals surface area contributed by atoms with Crippen molar-refractivity contribution in [2.75, 3.05) is 38.2 Å². The number of benzene rings is 2. The maximum atomic E-state index is 5.36. The van der Waals surface area contributed by atoms with Crippen molar-refractivity contribution in [3.63, 3.8) is 0 Å². The predicted octanol–water partition coefficient (Wildman–Crippen LogP) is 3.51. The molecule has 0 atom stereocenters. The molecule has 0 saturated carbocycles. The number of aromatic nitrogens is 2. The fourth-order valence-corrected chi connectivity index (χ4v) is 3.63. The normalized spacial score (nSPS) is 15.1. The molecule has 3 aromatic rings. The second kappa shape index (κ2) is 7.84. The highest BCUT2D eigenvalue weighted by Gasteiger charge is 2.21. The fourth-order valence-electron chi connectivity index (χ4n) is 3.63. The Bertz CT molecular complexity index is 897. The Morgan fingerprint density at radius 1 is 1.00 bits per heavy atom. The Hall–Kier alpha value is -2.79. The number of hydrogen-bond acceptors (Lipinski definition) is 4. The van der Waals surface area contributed by atoms with Gasteiger partial charge >= 0.3 is 0 Å². The Labute approximate surface area is 160 Å². The van der Waals surface area contributed by atoms with E-state index in [0.717, 1.165) is 50.1 Å². The quantitative estimate of drug-likeness (QED) is 0.695. The Kier molecular flexibility index (Phi) is 5.12. The third kappa shape index (κ3) is 3.83. The van der Waals surface area contributed by atoms with Crippen molar-refractivity contribution in [1.29, 1.82) is 0 Å². The Morgan fingerprint density at radius 3 is 2.59 bits per heavy atom. The van der Waals surface area contributed by atoms with Crippen LogP contribution in [0.3, 0.4) is 0 Å². The van der Waals surface area contributed by atoms with Gasteiger partial charge in [0, 0.05) is 51.2 Å². The molecular formula is C22H26N4O. The Morgan fingerprint density at radius 2 is 1.81 bits per heavy atom. The van der Waals surface area contributed by atoms with Crippen molar-refractivity contribution in [3.8, 4) is 11.4 Å². The van der Waals surface area contributed by atoms with E-state index in [1.807, 2.05) is 30.6 Å². The van der Waals surface area contributed by atoms with Crippen molar-refractivity contribution < 1.29 is 4.74 Å². The van der Waals surface area contributed by atoms with Gasteiger partial charge in [0.1, 0.15) is 5.75 Å². The number of imidazole rings is 1. The molecule has 0 spiro atoms. The lowest BCUT2D eigenvalue weighted by atomic mass is 10.1. The average Bonchev–Trinajstić information content (AvgIpc) is 3.20. The van der Waals surface area contributed by atoms with E-state index in [9.17, 15) is 0 Å². The first-order chi connectivity index (χ1) is 13.2. The molecule has 0 amide bonds. The zero-order valence-corrected chi connectivity index (χ0v) is 16.0. The van der Waals surface area contributed by atoms with Crippen LogP contribution in [0.4, 0.5) is 5.95 Å². The van der Waals surface area contributed by atoms with Crippen LogP contribution >= 0.6 is 0 Å². The van der Waals surface area contributed by atoms with Gasteiger partial charge < -0.3 is 9.64 Å². The van der Waals surface area contributed by atoms with Crippen molar-refractivity contribution in [1.82, 2.24) is 14.5 Å². The minimum atomic E-state index is 0.857. The van der Waals surface area contributed by atoms with Crippen LogP contribution in [-0.2, 0) is 6.54 Å². The van der Waals surface area contributed by atoms with E-state index < -0.39 is 0 Å². The van der Waals surface area contributed by atoms with Crippen molar-refractivity contribution in [2.45, 2.75) is 13.5 Å². The number of rotatable bonds is 5. The van der Waals surface area contributed by atoms with Crippen LogP contribution in [0.1, 0.15) is 11.1 Å². The van der Waals surface area contributed by atoms with Gasteiger partial charge in [0.05, 0.1) is 12.8 Å². The highest BCUT2D eigenvalue weighted by Crippen LogP contribution is 2.23. The largest absolute Gasteiger partial charge is 0.497 e. The summed E-state index contributed by atoms with van der Waals surface area (Å²) < 4.78 is 7.50. The average molecular weight is 362 g/mol. The first-order valence-electron chi connectivity index (χ1n) is 9.44. The fraction of sp³-hybridized carbons (Fsp3) is 0.318. The lowest BCUT2D eigenvalue weighted by molar-refractivity contribution is 0.248. The molecule has 1 fully saturated rings. The van der Waals surface area contributed by atoms with E-state index in [-0.39, 0.29) is 0 Å². The van der Waals surface area contributed by atoms with E-state index in [1.165, 1.54) is 11.1 Å². The van der Waals surface area contributed by atoms with Crippen molar-refractivity contribution in [2.24, 2.45) is 0 Å². The van der Waals surface area contributed by atoms with Gasteiger partial charge in [-0.1, -0.05) is 30.3 Å². The molecule has 27 heavy (non-hydrogen) atoms. The lowest BCUT2D eigenvalue weighted by Gasteiger charge is -2.35. The summed E-state index contributed by atoms with van der Waals surface area (Å²) in [6, 6.07) is 16.8. The molecule has 5 nitrogen and oxygen atoms in total. The van der Waals surface area contributed by atoms with Gasteiger partial charge in [0.25, 0.3) is 0 Å². The van der Waals surface area contributed by atoms with Gasteiger partial charge in [-0.25, -0.2) is 4.98 Å². The number of anilines is 1. The molecule has 0 unspecified atom stereocenters. The highest BCUT2D eigenvalue weighted by molar-refractivity contribution is 5.47. The summed E-state index contributed by atoms with van der Waals surface area (Å²) in [5, 5.41) is 0. The summed E-state index contributed by atoms with van der Waals surface area (Å²) in [6.45, 7) is 7.25. The predicted molar refractivity (Wildman–Crippen MR) is 109 cm³/mol. The minimum absolute atomic E-state index is 0.857. The van der Waals surface area contributed by atoms with Crippen LogP contribution in [0.2, 0.25) is 0 Å². The van der Waals surface area contributed by atoms with E-state index in [4.69, 9.17) is 4.74 Å². The molecule has 0 N–H and O–H groups in total. The molecule has 2 heterocycles. The maximum Gasteiger partial charge on any atom is 0.210 e. The van der Waals surface area contributed by atoms with Crippen LogP contribution in [-0.4, -0.2) is 47.7 Å². The molecule has 1 aliphatic rings. The summed E-state index contributed by atoms with van der Waals surface area (Å²) in [7, 11) is 1.70. The monoisotopic (exact) mass is 362 g/mol.